The minimum absolute atomic E-state index is 0. The van der Waals surface area contributed by atoms with Crippen molar-refractivity contribution in [1.82, 2.24) is 0 Å². The summed E-state index contributed by atoms with van der Waals surface area (Å²) < 4.78 is 0. The van der Waals surface area contributed by atoms with Gasteiger partial charge < -0.3 is 19.8 Å². The van der Waals surface area contributed by atoms with Crippen LogP contribution >= 0.6 is 0 Å². The van der Waals surface area contributed by atoms with Gasteiger partial charge in [-0.1, -0.05) is 25.7 Å². The van der Waals surface area contributed by atoms with Crippen LogP contribution in [0.2, 0.25) is 0 Å². The van der Waals surface area contributed by atoms with Crippen LogP contribution in [0.25, 0.3) is 0 Å². The first-order chi connectivity index (χ1) is 6.63. The Morgan fingerprint density at radius 1 is 0.667 bits per heavy atom. The number of carboxylic acids is 2. The molecule has 0 bridgehead atoms. The first-order valence-corrected chi connectivity index (χ1v) is 5.02. The molecule has 0 fully saturated rings. The van der Waals surface area contributed by atoms with E-state index in [0.29, 0.717) is 12.8 Å². The van der Waals surface area contributed by atoms with E-state index in [0.717, 1.165) is 25.7 Å². The molecular formula is C10H16O4Pr+. The van der Waals surface area contributed by atoms with Crippen molar-refractivity contribution in [3.63, 3.8) is 0 Å². The van der Waals surface area contributed by atoms with E-state index in [9.17, 15) is 19.8 Å². The maximum absolute atomic E-state index is 10.0. The summed E-state index contributed by atoms with van der Waals surface area (Å²) in [7, 11) is 0. The summed E-state index contributed by atoms with van der Waals surface area (Å²) in [6.45, 7) is 0. The van der Waals surface area contributed by atoms with Crippen LogP contribution in [0, 0.1) is 41.3 Å². The summed E-state index contributed by atoms with van der Waals surface area (Å²) in [5.41, 5.74) is 0. The first-order valence-electron chi connectivity index (χ1n) is 5.02. The third-order valence-corrected chi connectivity index (χ3v) is 2.01. The molecule has 0 radical (unpaired) electrons. The van der Waals surface area contributed by atoms with E-state index >= 15 is 0 Å². The fraction of sp³-hybridized carbons (Fsp3) is 0.800. The molecule has 0 N–H and O–H groups in total. The van der Waals surface area contributed by atoms with Crippen molar-refractivity contribution in [2.75, 3.05) is 0 Å². The number of carbonyl (C=O) groups is 2. The third kappa shape index (κ3) is 16.9. The van der Waals surface area contributed by atoms with Crippen molar-refractivity contribution >= 4 is 11.9 Å². The molecule has 0 atom stereocenters. The van der Waals surface area contributed by atoms with E-state index in [1.807, 2.05) is 0 Å². The molecule has 0 saturated heterocycles. The van der Waals surface area contributed by atoms with Crippen LogP contribution in [0.3, 0.4) is 0 Å². The van der Waals surface area contributed by atoms with Crippen LogP contribution in [0.5, 0.6) is 0 Å². The van der Waals surface area contributed by atoms with Crippen molar-refractivity contribution in [1.29, 1.82) is 0 Å². The van der Waals surface area contributed by atoms with E-state index in [-0.39, 0.29) is 54.1 Å². The van der Waals surface area contributed by atoms with Gasteiger partial charge in [-0.15, -0.1) is 0 Å². The van der Waals surface area contributed by atoms with Gasteiger partial charge in [-0.25, -0.2) is 0 Å². The second kappa shape index (κ2) is 12.4. The molecule has 5 heteroatoms. The number of rotatable bonds is 9. The van der Waals surface area contributed by atoms with E-state index in [4.69, 9.17) is 0 Å². The predicted octanol–water partition coefficient (Wildman–Crippen LogP) is -0.393. The Labute approximate surface area is 123 Å². The molecule has 0 aromatic heterocycles. The van der Waals surface area contributed by atoms with Gasteiger partial charge in [0, 0.05) is 11.9 Å². The second-order valence-corrected chi connectivity index (χ2v) is 3.37. The molecule has 0 amide bonds. The molecule has 82 valence electrons. The Morgan fingerprint density at radius 3 is 1.20 bits per heavy atom. The van der Waals surface area contributed by atoms with Gasteiger partial charge in [0.25, 0.3) is 0 Å². The topological polar surface area (TPSA) is 80.3 Å². The van der Waals surface area contributed by atoms with Crippen LogP contribution in [0.15, 0.2) is 0 Å². The van der Waals surface area contributed by atoms with Gasteiger partial charge in [0.15, 0.2) is 0 Å². The standard InChI is InChI=1S/C10H18O4.Pr/c11-9(12)7-5-3-1-2-4-6-8-10(13)14;/h1-8H2,(H,11,12)(H,13,14);/q;+3/p-2. The fourth-order valence-electron chi connectivity index (χ4n) is 1.25. The zero-order valence-electron chi connectivity index (χ0n) is 8.87. The fourth-order valence-corrected chi connectivity index (χ4v) is 1.25. The molecule has 0 aliphatic heterocycles. The molecule has 0 aliphatic carbocycles. The van der Waals surface area contributed by atoms with Gasteiger partial charge in [0.2, 0.25) is 0 Å². The molecule has 0 unspecified atom stereocenters. The Balaban J connectivity index is 0. The van der Waals surface area contributed by atoms with Crippen molar-refractivity contribution in [2.45, 2.75) is 51.4 Å². The van der Waals surface area contributed by atoms with Crippen molar-refractivity contribution < 1.29 is 61.1 Å². The molecule has 0 spiro atoms. The number of carboxylic acid groups (broad SMARTS) is 2. The van der Waals surface area contributed by atoms with Gasteiger partial charge in [-0.2, -0.15) is 0 Å². The summed E-state index contributed by atoms with van der Waals surface area (Å²) >= 11 is 0. The van der Waals surface area contributed by atoms with Gasteiger partial charge >= 0.3 is 41.3 Å². The summed E-state index contributed by atoms with van der Waals surface area (Å²) in [6.07, 6.45) is 5.23. The average molecular weight is 341 g/mol. The number of unbranched alkanes of at least 4 members (excludes halogenated alkanes) is 5. The van der Waals surface area contributed by atoms with Crippen LogP contribution in [-0.4, -0.2) is 11.9 Å². The molecule has 4 nitrogen and oxygen atoms in total. The average Bonchev–Trinajstić information content (AvgIpc) is 2.08. The maximum Gasteiger partial charge on any atom is 3.00 e. The van der Waals surface area contributed by atoms with Gasteiger partial charge in [0.05, 0.1) is 0 Å². The van der Waals surface area contributed by atoms with Crippen LogP contribution in [0.1, 0.15) is 51.4 Å². The summed E-state index contributed by atoms with van der Waals surface area (Å²) in [4.78, 5) is 20.1. The zero-order chi connectivity index (χ0) is 10.8. The number of hydrogen-bond donors (Lipinski definition) is 0. The van der Waals surface area contributed by atoms with E-state index < -0.39 is 11.9 Å². The SMILES string of the molecule is O=C([O-])CCCCCCCCC(=O)[O-].[Pr+3]. The van der Waals surface area contributed by atoms with Crippen molar-refractivity contribution in [3.8, 4) is 0 Å². The van der Waals surface area contributed by atoms with Crippen LogP contribution < -0.4 is 10.2 Å². The van der Waals surface area contributed by atoms with Crippen molar-refractivity contribution in [3.05, 3.63) is 0 Å². The molecule has 0 rings (SSSR count). The second-order valence-electron chi connectivity index (χ2n) is 3.37. The molecular weight excluding hydrogens is 325 g/mol. The molecule has 0 aromatic carbocycles. The summed E-state index contributed by atoms with van der Waals surface area (Å²) in [6, 6.07) is 0. The first kappa shape index (κ1) is 17.7. The van der Waals surface area contributed by atoms with E-state index in [1.165, 1.54) is 0 Å². The Kier molecular flexibility index (Phi) is 14.6. The quantitative estimate of drug-likeness (QED) is 0.535. The predicted molar refractivity (Wildman–Crippen MR) is 47.0 cm³/mol. The minimum atomic E-state index is -0.998. The normalized spacial score (nSPS) is 9.33. The van der Waals surface area contributed by atoms with Gasteiger partial charge in [-0.05, 0) is 25.7 Å². The minimum Gasteiger partial charge on any atom is -0.550 e. The largest absolute Gasteiger partial charge is 3.00 e. The Bertz CT molecular complexity index is 162. The van der Waals surface area contributed by atoms with Gasteiger partial charge in [-0.3, -0.25) is 0 Å². The molecule has 0 aliphatic rings. The van der Waals surface area contributed by atoms with Crippen LogP contribution in [-0.2, 0) is 9.59 Å². The number of hydrogen-bond acceptors (Lipinski definition) is 4. The Hall–Kier alpha value is 0.304. The Morgan fingerprint density at radius 2 is 0.933 bits per heavy atom. The molecule has 0 saturated carbocycles. The zero-order valence-corrected chi connectivity index (χ0v) is 12.6. The van der Waals surface area contributed by atoms with E-state index in [1.54, 1.807) is 0 Å². The monoisotopic (exact) mass is 341 g/mol. The molecule has 15 heavy (non-hydrogen) atoms. The van der Waals surface area contributed by atoms with Crippen LogP contribution in [0.4, 0.5) is 0 Å². The summed E-state index contributed by atoms with van der Waals surface area (Å²) in [5, 5.41) is 20.1. The van der Waals surface area contributed by atoms with Gasteiger partial charge in [0.1, 0.15) is 0 Å². The third-order valence-electron chi connectivity index (χ3n) is 2.01. The smallest absolute Gasteiger partial charge is 0.550 e. The molecule has 0 aromatic rings. The van der Waals surface area contributed by atoms with E-state index in [2.05, 4.69) is 0 Å². The number of carbonyl (C=O) groups excluding carboxylic acids is 2. The summed E-state index contributed by atoms with van der Waals surface area (Å²) in [5.74, 6) is -2.00. The van der Waals surface area contributed by atoms with Crippen molar-refractivity contribution in [2.24, 2.45) is 0 Å². The maximum atomic E-state index is 10.0. The number of aliphatic carboxylic acids is 2. The molecule has 0 heterocycles.